The summed E-state index contributed by atoms with van der Waals surface area (Å²) in [5.74, 6) is -0.179. The maximum Gasteiger partial charge on any atom is 0.248 e. The largest absolute Gasteiger partial charge is 0.379 e. The summed E-state index contributed by atoms with van der Waals surface area (Å²) in [4.78, 5) is 19.0. The summed E-state index contributed by atoms with van der Waals surface area (Å²) < 4.78 is 7.14. The topological polar surface area (TPSA) is 72.3 Å². The molecule has 1 N–H and O–H groups in total. The Morgan fingerprint density at radius 3 is 2.71 bits per heavy atom. The number of morpholine rings is 1. The molecular weight excluding hydrogens is 390 g/mol. The summed E-state index contributed by atoms with van der Waals surface area (Å²) in [6, 6.07) is 9.96. The molecule has 1 fully saturated rings. The minimum Gasteiger partial charge on any atom is -0.379 e. The van der Waals surface area contributed by atoms with E-state index in [1.165, 1.54) is 11.6 Å². The normalized spacial score (nSPS) is 14.7. The highest BCUT2D eigenvalue weighted by atomic mass is 16.5. The maximum atomic E-state index is 12.4. The zero-order valence-corrected chi connectivity index (χ0v) is 17.7. The van der Waals surface area contributed by atoms with Crippen LogP contribution in [-0.2, 0) is 23.0 Å². The SMILES string of the molecule is Cn1cc(-c2ccncc2/C=C/C(=O)Nc2ccc(CCN3CCOCC3)cc2)cn1. The first kappa shape index (κ1) is 21.0. The molecule has 4 rings (SSSR count). The number of aryl methyl sites for hydroxylation is 1. The Morgan fingerprint density at radius 2 is 1.97 bits per heavy atom. The van der Waals surface area contributed by atoms with E-state index in [0.29, 0.717) is 0 Å². The molecule has 0 aliphatic carbocycles. The molecule has 3 heterocycles. The molecule has 160 valence electrons. The van der Waals surface area contributed by atoms with Crippen LogP contribution < -0.4 is 5.32 Å². The second-order valence-corrected chi connectivity index (χ2v) is 7.59. The van der Waals surface area contributed by atoms with E-state index < -0.39 is 0 Å². The van der Waals surface area contributed by atoms with Gasteiger partial charge >= 0.3 is 0 Å². The molecule has 1 saturated heterocycles. The lowest BCUT2D eigenvalue weighted by molar-refractivity contribution is -0.111. The van der Waals surface area contributed by atoms with Gasteiger partial charge in [0.15, 0.2) is 0 Å². The van der Waals surface area contributed by atoms with E-state index >= 15 is 0 Å². The zero-order chi connectivity index (χ0) is 21.5. The van der Waals surface area contributed by atoms with Crippen molar-refractivity contribution in [2.45, 2.75) is 6.42 Å². The first-order chi connectivity index (χ1) is 15.2. The predicted molar refractivity (Wildman–Crippen MR) is 122 cm³/mol. The molecule has 7 nitrogen and oxygen atoms in total. The van der Waals surface area contributed by atoms with E-state index in [1.54, 1.807) is 29.3 Å². The van der Waals surface area contributed by atoms with E-state index in [1.807, 2.05) is 31.4 Å². The smallest absolute Gasteiger partial charge is 0.248 e. The average Bonchev–Trinajstić information content (AvgIpc) is 3.24. The molecule has 0 spiro atoms. The highest BCUT2D eigenvalue weighted by Crippen LogP contribution is 2.23. The fraction of sp³-hybridized carbons (Fsp3) is 0.292. The van der Waals surface area contributed by atoms with Gasteiger partial charge in [-0.3, -0.25) is 19.4 Å². The van der Waals surface area contributed by atoms with Crippen LogP contribution in [0.4, 0.5) is 5.69 Å². The van der Waals surface area contributed by atoms with Crippen molar-refractivity contribution in [3.8, 4) is 11.1 Å². The van der Waals surface area contributed by atoms with E-state index in [0.717, 1.165) is 61.6 Å². The second-order valence-electron chi connectivity index (χ2n) is 7.59. The monoisotopic (exact) mass is 417 g/mol. The van der Waals surface area contributed by atoms with Crippen LogP contribution in [0.15, 0.2) is 61.2 Å². The highest BCUT2D eigenvalue weighted by Gasteiger charge is 2.10. The molecule has 0 radical (unpaired) electrons. The van der Waals surface area contributed by atoms with Crippen molar-refractivity contribution in [3.63, 3.8) is 0 Å². The fourth-order valence-corrected chi connectivity index (χ4v) is 3.58. The van der Waals surface area contributed by atoms with Gasteiger partial charge in [0.1, 0.15) is 0 Å². The van der Waals surface area contributed by atoms with Gasteiger partial charge in [0.2, 0.25) is 5.91 Å². The number of anilines is 1. The van der Waals surface area contributed by atoms with Crippen molar-refractivity contribution in [1.29, 1.82) is 0 Å². The Balaban J connectivity index is 1.33. The van der Waals surface area contributed by atoms with Crippen LogP contribution in [0.25, 0.3) is 17.2 Å². The van der Waals surface area contributed by atoms with Gasteiger partial charge in [-0.1, -0.05) is 12.1 Å². The Kier molecular flexibility index (Phi) is 6.86. The molecule has 0 bridgehead atoms. The van der Waals surface area contributed by atoms with Crippen LogP contribution in [0.5, 0.6) is 0 Å². The Labute approximate surface area is 182 Å². The third-order valence-corrected chi connectivity index (χ3v) is 5.32. The maximum absolute atomic E-state index is 12.4. The minimum atomic E-state index is -0.179. The van der Waals surface area contributed by atoms with E-state index in [4.69, 9.17) is 4.74 Å². The molecule has 0 unspecified atom stereocenters. The summed E-state index contributed by atoms with van der Waals surface area (Å²) >= 11 is 0. The van der Waals surface area contributed by atoms with Gasteiger partial charge in [0.25, 0.3) is 0 Å². The molecule has 1 aromatic carbocycles. The van der Waals surface area contributed by atoms with Crippen molar-refractivity contribution >= 4 is 17.7 Å². The Morgan fingerprint density at radius 1 is 1.16 bits per heavy atom. The lowest BCUT2D eigenvalue weighted by Crippen LogP contribution is -2.37. The van der Waals surface area contributed by atoms with Crippen molar-refractivity contribution in [3.05, 3.63) is 72.3 Å². The molecule has 7 heteroatoms. The van der Waals surface area contributed by atoms with Gasteiger partial charge < -0.3 is 10.1 Å². The molecule has 0 saturated carbocycles. The van der Waals surface area contributed by atoms with E-state index in [-0.39, 0.29) is 5.91 Å². The molecule has 0 atom stereocenters. The average molecular weight is 418 g/mol. The van der Waals surface area contributed by atoms with Crippen LogP contribution in [-0.4, -0.2) is 58.4 Å². The van der Waals surface area contributed by atoms with Crippen molar-refractivity contribution in [2.24, 2.45) is 7.05 Å². The third kappa shape index (κ3) is 5.87. The van der Waals surface area contributed by atoms with Gasteiger partial charge in [-0.2, -0.15) is 5.10 Å². The van der Waals surface area contributed by atoms with Crippen molar-refractivity contribution in [1.82, 2.24) is 19.7 Å². The van der Waals surface area contributed by atoms with Crippen molar-refractivity contribution < 1.29 is 9.53 Å². The standard InChI is InChI=1S/C24H27N5O2/c1-28-18-21(17-26-28)23-8-10-25-16-20(23)4-7-24(30)27-22-5-2-19(3-6-22)9-11-29-12-14-31-15-13-29/h2-8,10,16-18H,9,11-15H2,1H3,(H,27,30)/b7-4+. The lowest BCUT2D eigenvalue weighted by Gasteiger charge is -2.26. The van der Waals surface area contributed by atoms with Gasteiger partial charge in [-0.05, 0) is 41.8 Å². The van der Waals surface area contributed by atoms with Crippen molar-refractivity contribution in [2.75, 3.05) is 38.2 Å². The summed E-state index contributed by atoms with van der Waals surface area (Å²) in [6.45, 7) is 4.67. The number of nitrogens with zero attached hydrogens (tertiary/aromatic N) is 4. The number of pyridine rings is 1. The molecule has 1 aliphatic rings. The van der Waals surface area contributed by atoms with Crippen LogP contribution in [0, 0.1) is 0 Å². The van der Waals surface area contributed by atoms with Gasteiger partial charge in [-0.25, -0.2) is 0 Å². The van der Waals surface area contributed by atoms with Crippen LogP contribution in [0.3, 0.4) is 0 Å². The minimum absolute atomic E-state index is 0.179. The molecule has 31 heavy (non-hydrogen) atoms. The van der Waals surface area contributed by atoms with Crippen LogP contribution >= 0.6 is 0 Å². The summed E-state index contributed by atoms with van der Waals surface area (Å²) in [5.41, 5.74) is 4.87. The summed E-state index contributed by atoms with van der Waals surface area (Å²) in [7, 11) is 1.88. The molecule has 1 amide bonds. The number of nitrogens with one attached hydrogen (secondary N) is 1. The highest BCUT2D eigenvalue weighted by molar-refractivity contribution is 6.02. The lowest BCUT2D eigenvalue weighted by atomic mass is 10.0. The fourth-order valence-electron chi connectivity index (χ4n) is 3.58. The molecule has 1 aliphatic heterocycles. The quantitative estimate of drug-likeness (QED) is 0.599. The number of aromatic nitrogens is 3. The first-order valence-electron chi connectivity index (χ1n) is 10.5. The molecule has 2 aromatic heterocycles. The van der Waals surface area contributed by atoms with Gasteiger partial charge in [0.05, 0.1) is 19.4 Å². The van der Waals surface area contributed by atoms with Gasteiger partial charge in [0, 0.05) is 68.2 Å². The number of hydrogen-bond donors (Lipinski definition) is 1. The first-order valence-corrected chi connectivity index (χ1v) is 10.5. The number of benzene rings is 1. The number of amides is 1. The third-order valence-electron chi connectivity index (χ3n) is 5.32. The molecule has 3 aromatic rings. The Bertz CT molecular complexity index is 1040. The van der Waals surface area contributed by atoms with E-state index in [9.17, 15) is 4.79 Å². The Hall–Kier alpha value is -3.29. The second kappa shape index (κ2) is 10.1. The summed E-state index contributed by atoms with van der Waals surface area (Å²) in [6.07, 6.45) is 11.5. The summed E-state index contributed by atoms with van der Waals surface area (Å²) in [5, 5.41) is 7.14. The number of hydrogen-bond acceptors (Lipinski definition) is 5. The zero-order valence-electron chi connectivity index (χ0n) is 17.7. The van der Waals surface area contributed by atoms with Gasteiger partial charge in [-0.15, -0.1) is 0 Å². The predicted octanol–water partition coefficient (Wildman–Crippen LogP) is 3.01. The van der Waals surface area contributed by atoms with Crippen LogP contribution in [0.1, 0.15) is 11.1 Å². The number of ether oxygens (including phenoxy) is 1. The van der Waals surface area contributed by atoms with Crippen LogP contribution in [0.2, 0.25) is 0 Å². The number of rotatable bonds is 7. The van der Waals surface area contributed by atoms with E-state index in [2.05, 4.69) is 32.4 Å². The number of carbonyl (C=O) groups is 1. The molecular formula is C24H27N5O2. The number of carbonyl (C=O) groups excluding carboxylic acids is 1.